The summed E-state index contributed by atoms with van der Waals surface area (Å²) in [6, 6.07) is -0.278. The van der Waals surface area contributed by atoms with E-state index < -0.39 is 0 Å². The summed E-state index contributed by atoms with van der Waals surface area (Å²) in [6.45, 7) is 0.152. The van der Waals surface area contributed by atoms with Crippen molar-refractivity contribution in [3.8, 4) is 0 Å². The van der Waals surface area contributed by atoms with Crippen LogP contribution in [-0.2, 0) is 4.79 Å². The third kappa shape index (κ3) is 1.23. The highest BCUT2D eigenvalue weighted by Crippen LogP contribution is 2.03. The predicted molar refractivity (Wildman–Crippen MR) is 38.6 cm³/mol. The third-order valence-corrected chi connectivity index (χ3v) is 1.71. The first-order chi connectivity index (χ1) is 4.75. The van der Waals surface area contributed by atoms with Crippen molar-refractivity contribution in [3.63, 3.8) is 0 Å². The van der Waals surface area contributed by atoms with Crippen LogP contribution in [0.3, 0.4) is 0 Å². The van der Waals surface area contributed by atoms with Gasteiger partial charge in [-0.1, -0.05) is 0 Å². The second-order valence-corrected chi connectivity index (χ2v) is 2.73. The number of amides is 3. The number of thioether (sulfide) groups is 1. The van der Waals surface area contributed by atoms with E-state index in [0.717, 1.165) is 0 Å². The topological polar surface area (TPSA) is 49.4 Å². The van der Waals surface area contributed by atoms with Gasteiger partial charge in [0, 0.05) is 0 Å². The highest BCUT2D eigenvalue weighted by molar-refractivity contribution is 7.98. The van der Waals surface area contributed by atoms with E-state index in [1.54, 1.807) is 0 Å². The van der Waals surface area contributed by atoms with Crippen LogP contribution in [0.1, 0.15) is 0 Å². The average molecular weight is 160 g/mol. The maximum atomic E-state index is 10.8. The summed E-state index contributed by atoms with van der Waals surface area (Å²) in [4.78, 5) is 22.8. The summed E-state index contributed by atoms with van der Waals surface area (Å²) >= 11 is 1.45. The van der Waals surface area contributed by atoms with Crippen LogP contribution in [0.5, 0.6) is 0 Å². The Hall–Kier alpha value is -0.710. The summed E-state index contributed by atoms with van der Waals surface area (Å²) in [5.41, 5.74) is 0. The molecule has 0 saturated carbocycles. The van der Waals surface area contributed by atoms with E-state index in [-0.39, 0.29) is 18.5 Å². The number of nitrogens with one attached hydrogen (secondary N) is 1. The predicted octanol–water partition coefficient (Wildman–Crippen LogP) is -0.141. The summed E-state index contributed by atoms with van der Waals surface area (Å²) in [5.74, 6) is 0.310. The van der Waals surface area contributed by atoms with Crippen molar-refractivity contribution in [2.45, 2.75) is 0 Å². The van der Waals surface area contributed by atoms with Gasteiger partial charge in [0.2, 0.25) is 0 Å². The largest absolute Gasteiger partial charge is 0.329 e. The number of hydrogen-bond donors (Lipinski definition) is 1. The minimum absolute atomic E-state index is 0.139. The Labute approximate surface area is 62.9 Å². The standard InChI is InChI=1S/C5H8N2O2S/c1-10-3-7-4(8)2-6-5(7)9/h2-3H2,1H3,(H,6,9). The molecule has 56 valence electrons. The maximum Gasteiger partial charge on any atom is 0.325 e. The van der Waals surface area contributed by atoms with Crippen molar-refractivity contribution in [2.24, 2.45) is 0 Å². The van der Waals surface area contributed by atoms with Gasteiger partial charge in [-0.2, -0.15) is 0 Å². The zero-order chi connectivity index (χ0) is 7.56. The Morgan fingerprint density at radius 3 is 2.80 bits per heavy atom. The lowest BCUT2D eigenvalue weighted by molar-refractivity contribution is -0.124. The van der Waals surface area contributed by atoms with E-state index in [2.05, 4.69) is 5.32 Å². The van der Waals surface area contributed by atoms with Crippen LogP contribution in [0.15, 0.2) is 0 Å². The lowest BCUT2D eigenvalue weighted by Gasteiger charge is -2.08. The van der Waals surface area contributed by atoms with Gasteiger partial charge in [0.15, 0.2) is 0 Å². The van der Waals surface area contributed by atoms with E-state index in [0.29, 0.717) is 5.88 Å². The van der Waals surface area contributed by atoms with E-state index in [1.165, 1.54) is 16.7 Å². The van der Waals surface area contributed by atoms with Crippen LogP contribution in [0.25, 0.3) is 0 Å². The number of imide groups is 1. The van der Waals surface area contributed by atoms with Gasteiger partial charge >= 0.3 is 6.03 Å². The monoisotopic (exact) mass is 160 g/mol. The number of urea groups is 1. The molecule has 0 unspecified atom stereocenters. The van der Waals surface area contributed by atoms with Gasteiger partial charge in [-0.15, -0.1) is 11.8 Å². The number of hydrogen-bond acceptors (Lipinski definition) is 3. The molecule has 0 aromatic heterocycles. The maximum absolute atomic E-state index is 10.8. The molecule has 0 aromatic rings. The van der Waals surface area contributed by atoms with Crippen LogP contribution in [0, 0.1) is 0 Å². The fourth-order valence-electron chi connectivity index (χ4n) is 0.715. The van der Waals surface area contributed by atoms with Gasteiger partial charge < -0.3 is 5.32 Å². The van der Waals surface area contributed by atoms with E-state index in [4.69, 9.17) is 0 Å². The normalized spacial score (nSPS) is 17.9. The van der Waals surface area contributed by atoms with Crippen LogP contribution < -0.4 is 5.32 Å². The van der Waals surface area contributed by atoms with Crippen LogP contribution >= 0.6 is 11.8 Å². The molecule has 10 heavy (non-hydrogen) atoms. The van der Waals surface area contributed by atoms with E-state index in [1.807, 2.05) is 6.26 Å². The Bertz CT molecular complexity index is 155. The molecule has 1 saturated heterocycles. The smallest absolute Gasteiger partial charge is 0.325 e. The van der Waals surface area contributed by atoms with Crippen molar-refractivity contribution in [1.82, 2.24) is 10.2 Å². The lowest BCUT2D eigenvalue weighted by atomic mass is 10.6. The van der Waals surface area contributed by atoms with Crippen LogP contribution in [0.2, 0.25) is 0 Å². The third-order valence-electron chi connectivity index (χ3n) is 1.20. The van der Waals surface area contributed by atoms with Crippen molar-refractivity contribution in [2.75, 3.05) is 18.7 Å². The Balaban J connectivity index is 2.54. The first-order valence-electron chi connectivity index (χ1n) is 2.83. The number of nitrogens with zero attached hydrogens (tertiary/aromatic N) is 1. The summed E-state index contributed by atoms with van der Waals surface area (Å²) in [7, 11) is 0. The molecule has 1 aliphatic heterocycles. The quantitative estimate of drug-likeness (QED) is 0.572. The van der Waals surface area contributed by atoms with Crippen molar-refractivity contribution in [3.05, 3.63) is 0 Å². The minimum Gasteiger partial charge on any atom is -0.329 e. The Kier molecular flexibility index (Phi) is 2.16. The molecule has 0 spiro atoms. The Morgan fingerprint density at radius 2 is 2.40 bits per heavy atom. The van der Waals surface area contributed by atoms with Crippen LogP contribution in [-0.4, -0.2) is 35.5 Å². The molecule has 1 fully saturated rings. The highest BCUT2D eigenvalue weighted by atomic mass is 32.2. The molecule has 1 heterocycles. The van der Waals surface area contributed by atoms with Crippen LogP contribution in [0.4, 0.5) is 4.79 Å². The van der Waals surface area contributed by atoms with Crippen molar-refractivity contribution < 1.29 is 9.59 Å². The average Bonchev–Trinajstić information content (AvgIpc) is 2.20. The molecule has 3 amide bonds. The van der Waals surface area contributed by atoms with E-state index in [9.17, 15) is 9.59 Å². The van der Waals surface area contributed by atoms with Gasteiger partial charge in [0.25, 0.3) is 5.91 Å². The lowest BCUT2D eigenvalue weighted by Crippen LogP contribution is -2.30. The molecule has 1 rings (SSSR count). The molecule has 4 nitrogen and oxygen atoms in total. The van der Waals surface area contributed by atoms with Gasteiger partial charge in [-0.3, -0.25) is 9.69 Å². The summed E-state index contributed by atoms with van der Waals surface area (Å²) < 4.78 is 0. The van der Waals surface area contributed by atoms with Crippen molar-refractivity contribution in [1.29, 1.82) is 0 Å². The fourth-order valence-corrected chi connectivity index (χ4v) is 1.23. The first-order valence-corrected chi connectivity index (χ1v) is 4.22. The molecule has 0 aromatic carbocycles. The van der Waals surface area contributed by atoms with Gasteiger partial charge in [0.05, 0.1) is 12.4 Å². The molecule has 0 aliphatic carbocycles. The second-order valence-electron chi connectivity index (χ2n) is 1.90. The van der Waals surface area contributed by atoms with Gasteiger partial charge in [-0.25, -0.2) is 4.79 Å². The number of rotatable bonds is 2. The first kappa shape index (κ1) is 7.40. The molecular formula is C5H8N2O2S. The summed E-state index contributed by atoms with van der Waals surface area (Å²) in [5, 5.41) is 2.43. The molecule has 1 aliphatic rings. The SMILES string of the molecule is CSCN1C(=O)CNC1=O. The van der Waals surface area contributed by atoms with E-state index >= 15 is 0 Å². The van der Waals surface area contributed by atoms with Crippen molar-refractivity contribution >= 4 is 23.7 Å². The molecule has 1 N–H and O–H groups in total. The second kappa shape index (κ2) is 2.92. The molecule has 0 atom stereocenters. The minimum atomic E-state index is -0.278. The zero-order valence-corrected chi connectivity index (χ0v) is 6.40. The molecule has 0 bridgehead atoms. The highest BCUT2D eigenvalue weighted by Gasteiger charge is 2.27. The molecule has 0 radical (unpaired) electrons. The van der Waals surface area contributed by atoms with Gasteiger partial charge in [0.1, 0.15) is 0 Å². The fraction of sp³-hybridized carbons (Fsp3) is 0.600. The molecular weight excluding hydrogens is 152 g/mol. The molecule has 5 heteroatoms. The Morgan fingerprint density at radius 1 is 1.70 bits per heavy atom. The zero-order valence-electron chi connectivity index (χ0n) is 5.59. The summed E-state index contributed by atoms with van der Waals surface area (Å²) in [6.07, 6.45) is 1.85. The number of carbonyl (C=O) groups excluding carboxylic acids is 2. The number of carbonyl (C=O) groups is 2. The van der Waals surface area contributed by atoms with Gasteiger partial charge in [-0.05, 0) is 6.26 Å².